The molecule has 2 unspecified atom stereocenters. The number of nitriles is 1. The molecule has 0 saturated heterocycles. The molecule has 1 heterocycles. The number of fused-ring (bicyclic) bond motifs is 1. The minimum atomic E-state index is -0.830. The topological polar surface area (TPSA) is 62.5 Å². The highest BCUT2D eigenvalue weighted by Crippen LogP contribution is 2.40. The van der Waals surface area contributed by atoms with Gasteiger partial charge in [-0.25, -0.2) is 0 Å². The van der Waals surface area contributed by atoms with Crippen molar-refractivity contribution in [1.82, 2.24) is 0 Å². The van der Waals surface area contributed by atoms with Gasteiger partial charge >= 0.3 is 0 Å². The van der Waals surface area contributed by atoms with Crippen molar-refractivity contribution in [2.24, 2.45) is 5.92 Å². The molecule has 1 aromatic carbocycles. The molecule has 96 valence electrons. The second kappa shape index (κ2) is 5.59. The average molecular weight is 312 g/mol. The van der Waals surface area contributed by atoms with Gasteiger partial charge in [0.05, 0.1) is 35.8 Å². The van der Waals surface area contributed by atoms with Crippen LogP contribution in [0.25, 0.3) is 0 Å². The lowest BCUT2D eigenvalue weighted by Crippen LogP contribution is -2.07. The number of hydrogen-bond donors (Lipinski definition) is 1. The summed E-state index contributed by atoms with van der Waals surface area (Å²) in [5, 5.41) is 18.9. The summed E-state index contributed by atoms with van der Waals surface area (Å²) in [6, 6.07) is 5.55. The molecular weight excluding hydrogens is 298 g/mol. The maximum atomic E-state index is 10.0. The van der Waals surface area contributed by atoms with Crippen molar-refractivity contribution in [3.63, 3.8) is 0 Å². The number of aliphatic hydroxyl groups excluding tert-OH is 1. The van der Waals surface area contributed by atoms with Crippen LogP contribution in [0, 0.1) is 17.2 Å². The van der Waals surface area contributed by atoms with Crippen molar-refractivity contribution < 1.29 is 14.6 Å². The van der Waals surface area contributed by atoms with E-state index in [9.17, 15) is 5.11 Å². The van der Waals surface area contributed by atoms with Crippen molar-refractivity contribution in [2.45, 2.75) is 19.4 Å². The molecule has 1 aliphatic heterocycles. The van der Waals surface area contributed by atoms with E-state index in [1.54, 1.807) is 19.1 Å². The summed E-state index contributed by atoms with van der Waals surface area (Å²) in [5.41, 5.74) is 0.653. The number of aliphatic hydroxyl groups is 1. The highest BCUT2D eigenvalue weighted by Gasteiger charge is 2.21. The summed E-state index contributed by atoms with van der Waals surface area (Å²) in [4.78, 5) is 0. The highest BCUT2D eigenvalue weighted by molar-refractivity contribution is 9.10. The molecule has 1 aliphatic rings. The summed E-state index contributed by atoms with van der Waals surface area (Å²) in [5.74, 6) is 0.802. The highest BCUT2D eigenvalue weighted by atomic mass is 79.9. The van der Waals surface area contributed by atoms with Crippen LogP contribution in [0.4, 0.5) is 0 Å². The largest absolute Gasteiger partial charge is 0.490 e. The second-order valence-electron chi connectivity index (χ2n) is 4.24. The van der Waals surface area contributed by atoms with Crippen LogP contribution >= 0.6 is 15.9 Å². The Hall–Kier alpha value is -1.25. The quantitative estimate of drug-likeness (QED) is 0.912. The van der Waals surface area contributed by atoms with Crippen LogP contribution in [-0.2, 0) is 0 Å². The van der Waals surface area contributed by atoms with Crippen LogP contribution in [0.15, 0.2) is 16.6 Å². The molecule has 0 radical (unpaired) electrons. The van der Waals surface area contributed by atoms with E-state index in [-0.39, 0.29) is 0 Å². The fourth-order valence-corrected chi connectivity index (χ4v) is 2.35. The Morgan fingerprint density at radius 2 is 2.11 bits per heavy atom. The van der Waals surface area contributed by atoms with Gasteiger partial charge < -0.3 is 14.6 Å². The van der Waals surface area contributed by atoms with Gasteiger partial charge in [-0.3, -0.25) is 0 Å². The van der Waals surface area contributed by atoms with E-state index in [0.29, 0.717) is 30.3 Å². The molecule has 0 aromatic heterocycles. The minimum Gasteiger partial charge on any atom is -0.490 e. The molecular formula is C13H14BrNO3. The van der Waals surface area contributed by atoms with Crippen LogP contribution in [0.5, 0.6) is 11.5 Å². The van der Waals surface area contributed by atoms with Crippen molar-refractivity contribution >= 4 is 15.9 Å². The Morgan fingerprint density at radius 3 is 2.83 bits per heavy atom. The van der Waals surface area contributed by atoms with Gasteiger partial charge in [-0.1, -0.05) is 0 Å². The average Bonchev–Trinajstić information content (AvgIpc) is 2.62. The molecule has 5 heteroatoms. The summed E-state index contributed by atoms with van der Waals surface area (Å²) in [7, 11) is 0. The fraction of sp³-hybridized carbons (Fsp3) is 0.462. The van der Waals surface area contributed by atoms with Gasteiger partial charge in [0.25, 0.3) is 0 Å². The molecule has 0 amide bonds. The minimum absolute atomic E-state index is 0.471. The van der Waals surface area contributed by atoms with E-state index >= 15 is 0 Å². The second-order valence-corrected chi connectivity index (χ2v) is 5.10. The van der Waals surface area contributed by atoms with Gasteiger partial charge in [-0.2, -0.15) is 5.26 Å². The van der Waals surface area contributed by atoms with E-state index in [4.69, 9.17) is 14.7 Å². The number of hydrogen-bond acceptors (Lipinski definition) is 4. The number of nitrogens with zero attached hydrogens (tertiary/aromatic N) is 1. The predicted octanol–water partition coefficient (Wildman–Crippen LogP) is 2.80. The maximum absolute atomic E-state index is 10.0. The molecule has 1 N–H and O–H groups in total. The molecule has 2 atom stereocenters. The van der Waals surface area contributed by atoms with Crippen molar-refractivity contribution in [2.75, 3.05) is 13.2 Å². The normalized spacial score (nSPS) is 17.4. The summed E-state index contributed by atoms with van der Waals surface area (Å²) < 4.78 is 11.9. The van der Waals surface area contributed by atoms with E-state index in [1.807, 2.05) is 6.07 Å². The maximum Gasteiger partial charge on any atom is 0.175 e. The van der Waals surface area contributed by atoms with Gasteiger partial charge in [-0.05, 0) is 40.5 Å². The first-order valence-corrected chi connectivity index (χ1v) is 6.59. The number of benzene rings is 1. The molecule has 4 nitrogen and oxygen atoms in total. The lowest BCUT2D eigenvalue weighted by atomic mass is 9.98. The summed E-state index contributed by atoms with van der Waals surface area (Å²) in [6.45, 7) is 2.89. The van der Waals surface area contributed by atoms with Crippen LogP contribution in [-0.4, -0.2) is 18.3 Å². The fourth-order valence-electron chi connectivity index (χ4n) is 1.78. The zero-order chi connectivity index (χ0) is 13.1. The lowest BCUT2D eigenvalue weighted by molar-refractivity contribution is 0.142. The monoisotopic (exact) mass is 311 g/mol. The standard InChI is InChI=1S/C13H14BrNO3/c1-8(7-15)12(16)9-5-10(14)13-11(6-9)17-3-2-4-18-13/h5-6,8,12,16H,2-4H2,1H3. The Bertz CT molecular complexity index is 484. The van der Waals surface area contributed by atoms with Gasteiger partial charge in [0, 0.05) is 6.42 Å². The third-order valence-electron chi connectivity index (χ3n) is 2.84. The van der Waals surface area contributed by atoms with Crippen molar-refractivity contribution in [3.05, 3.63) is 22.2 Å². The van der Waals surface area contributed by atoms with Gasteiger partial charge in [-0.15, -0.1) is 0 Å². The van der Waals surface area contributed by atoms with E-state index in [0.717, 1.165) is 10.9 Å². The molecule has 18 heavy (non-hydrogen) atoms. The van der Waals surface area contributed by atoms with Crippen molar-refractivity contribution in [3.8, 4) is 17.6 Å². The molecule has 0 fully saturated rings. The first kappa shape index (κ1) is 13.2. The van der Waals surface area contributed by atoms with Crippen LogP contribution in [0.2, 0.25) is 0 Å². The van der Waals surface area contributed by atoms with Gasteiger partial charge in [0.1, 0.15) is 0 Å². The SMILES string of the molecule is CC(C#N)C(O)c1cc(Br)c2c(c1)OCCCO2. The molecule has 0 aliphatic carbocycles. The van der Waals surface area contributed by atoms with E-state index < -0.39 is 12.0 Å². The summed E-state index contributed by atoms with van der Waals surface area (Å²) >= 11 is 3.41. The Kier molecular flexibility index (Phi) is 4.10. The number of halogens is 1. The van der Waals surface area contributed by atoms with Gasteiger partial charge in [0.15, 0.2) is 11.5 Å². The first-order valence-electron chi connectivity index (χ1n) is 5.80. The Labute approximate surface area is 114 Å². The number of ether oxygens (including phenoxy) is 2. The molecule has 0 spiro atoms. The van der Waals surface area contributed by atoms with E-state index in [1.165, 1.54) is 0 Å². The Morgan fingerprint density at radius 1 is 1.39 bits per heavy atom. The van der Waals surface area contributed by atoms with Crippen molar-refractivity contribution in [1.29, 1.82) is 5.26 Å². The van der Waals surface area contributed by atoms with Crippen LogP contribution in [0.3, 0.4) is 0 Å². The van der Waals surface area contributed by atoms with Crippen LogP contribution < -0.4 is 9.47 Å². The predicted molar refractivity (Wildman–Crippen MR) is 69.5 cm³/mol. The van der Waals surface area contributed by atoms with Gasteiger partial charge in [0.2, 0.25) is 0 Å². The molecule has 0 bridgehead atoms. The zero-order valence-electron chi connectivity index (χ0n) is 10.0. The zero-order valence-corrected chi connectivity index (χ0v) is 11.6. The summed E-state index contributed by atoms with van der Waals surface area (Å²) in [6.07, 6.45) is -0.00315. The van der Waals surface area contributed by atoms with E-state index in [2.05, 4.69) is 15.9 Å². The smallest absolute Gasteiger partial charge is 0.175 e. The Balaban J connectivity index is 2.38. The molecule has 2 rings (SSSR count). The first-order chi connectivity index (χ1) is 8.63. The molecule has 1 aromatic rings. The number of rotatable bonds is 2. The molecule has 0 saturated carbocycles. The third kappa shape index (κ3) is 2.60. The lowest BCUT2D eigenvalue weighted by Gasteiger charge is -2.16. The van der Waals surface area contributed by atoms with Crippen LogP contribution in [0.1, 0.15) is 25.0 Å². The third-order valence-corrected chi connectivity index (χ3v) is 3.43.